The summed E-state index contributed by atoms with van der Waals surface area (Å²) in [6.07, 6.45) is 1.83. The zero-order valence-electron chi connectivity index (χ0n) is 6.27. The third-order valence-corrected chi connectivity index (χ3v) is 1.04. The van der Waals surface area contributed by atoms with Gasteiger partial charge in [0.1, 0.15) is 0 Å². The maximum absolute atomic E-state index is 3.63. The SMILES string of the molecule is C=Cc1ccccc1.[Ca+2].[OH-].[OH-]. The molecule has 1 aromatic rings. The van der Waals surface area contributed by atoms with Gasteiger partial charge in [-0.15, -0.1) is 0 Å². The molecular formula is C8H10CaO2. The average molecular weight is 178 g/mol. The Morgan fingerprint density at radius 3 is 1.73 bits per heavy atom. The number of benzene rings is 1. The number of rotatable bonds is 1. The Bertz CT molecular complexity index is 175. The Morgan fingerprint density at radius 1 is 1.00 bits per heavy atom. The maximum Gasteiger partial charge on any atom is 2.00 e. The largest absolute Gasteiger partial charge is 2.00 e. The molecule has 0 amide bonds. The van der Waals surface area contributed by atoms with Crippen LogP contribution >= 0.6 is 0 Å². The molecule has 0 aliphatic rings. The fourth-order valence-corrected chi connectivity index (χ4v) is 0.589. The molecule has 1 rings (SSSR count). The molecule has 0 radical (unpaired) electrons. The fraction of sp³-hybridized carbons (Fsp3) is 0. The smallest absolute Gasteiger partial charge is 0.870 e. The van der Waals surface area contributed by atoms with E-state index >= 15 is 0 Å². The van der Waals surface area contributed by atoms with Crippen LogP contribution in [0.5, 0.6) is 0 Å². The van der Waals surface area contributed by atoms with Crippen LogP contribution in [0.4, 0.5) is 0 Å². The molecule has 0 aromatic heterocycles. The summed E-state index contributed by atoms with van der Waals surface area (Å²) in [5.41, 5.74) is 1.17. The van der Waals surface area contributed by atoms with E-state index in [1.165, 1.54) is 5.56 Å². The summed E-state index contributed by atoms with van der Waals surface area (Å²) in [6.45, 7) is 3.63. The zero-order valence-corrected chi connectivity index (χ0v) is 8.48. The second kappa shape index (κ2) is 10.1. The molecule has 2 nitrogen and oxygen atoms in total. The minimum absolute atomic E-state index is 0. The summed E-state index contributed by atoms with van der Waals surface area (Å²) in [5, 5.41) is 0. The van der Waals surface area contributed by atoms with Crippen LogP contribution in [-0.4, -0.2) is 48.7 Å². The Hall–Kier alpha value is 0.140. The van der Waals surface area contributed by atoms with Crippen molar-refractivity contribution in [2.75, 3.05) is 0 Å². The van der Waals surface area contributed by atoms with Crippen molar-refractivity contribution in [1.82, 2.24) is 0 Å². The Balaban J connectivity index is -0.000000213. The van der Waals surface area contributed by atoms with Gasteiger partial charge in [-0.3, -0.25) is 0 Å². The van der Waals surface area contributed by atoms with Gasteiger partial charge in [0.05, 0.1) is 0 Å². The average Bonchev–Trinajstić information content (AvgIpc) is 1.90. The van der Waals surface area contributed by atoms with Gasteiger partial charge >= 0.3 is 37.7 Å². The quantitative estimate of drug-likeness (QED) is 0.613. The Kier molecular flexibility index (Phi) is 15.9. The van der Waals surface area contributed by atoms with E-state index in [1.807, 2.05) is 36.4 Å². The van der Waals surface area contributed by atoms with E-state index < -0.39 is 0 Å². The number of hydrogen-bond donors (Lipinski definition) is 0. The van der Waals surface area contributed by atoms with Gasteiger partial charge in [0, 0.05) is 0 Å². The minimum atomic E-state index is 0. The van der Waals surface area contributed by atoms with Crippen LogP contribution in [0.15, 0.2) is 36.9 Å². The van der Waals surface area contributed by atoms with Crippen molar-refractivity contribution in [3.8, 4) is 0 Å². The molecule has 0 saturated heterocycles. The molecule has 56 valence electrons. The molecule has 0 atom stereocenters. The second-order valence-electron chi connectivity index (χ2n) is 1.61. The Morgan fingerprint density at radius 2 is 1.45 bits per heavy atom. The fourth-order valence-electron chi connectivity index (χ4n) is 0.589. The third kappa shape index (κ3) is 6.53. The summed E-state index contributed by atoms with van der Waals surface area (Å²) in [7, 11) is 0. The standard InChI is InChI=1S/C8H8.Ca.2H2O/c1-2-8-6-4-3-5-7-8;;;/h2-7H,1H2;;2*1H2/q;+2;;/p-2. The van der Waals surface area contributed by atoms with Gasteiger partial charge in [-0.05, 0) is 5.56 Å². The molecule has 1 aromatic carbocycles. The molecule has 2 N–H and O–H groups in total. The second-order valence-corrected chi connectivity index (χ2v) is 1.61. The van der Waals surface area contributed by atoms with Gasteiger partial charge < -0.3 is 11.0 Å². The van der Waals surface area contributed by atoms with Gasteiger partial charge in [-0.1, -0.05) is 43.0 Å². The van der Waals surface area contributed by atoms with Crippen molar-refractivity contribution < 1.29 is 11.0 Å². The van der Waals surface area contributed by atoms with Gasteiger partial charge in [0.25, 0.3) is 0 Å². The molecule has 0 spiro atoms. The van der Waals surface area contributed by atoms with Crippen LogP contribution < -0.4 is 0 Å². The van der Waals surface area contributed by atoms with E-state index in [1.54, 1.807) is 0 Å². The molecule has 0 bridgehead atoms. The molecule has 11 heavy (non-hydrogen) atoms. The molecule has 0 saturated carbocycles. The molecule has 0 fully saturated rings. The first kappa shape index (κ1) is 17.3. The van der Waals surface area contributed by atoms with E-state index in [0.29, 0.717) is 0 Å². The summed E-state index contributed by atoms with van der Waals surface area (Å²) in [5.74, 6) is 0. The van der Waals surface area contributed by atoms with Gasteiger partial charge in [0.15, 0.2) is 0 Å². The van der Waals surface area contributed by atoms with E-state index in [-0.39, 0.29) is 48.7 Å². The summed E-state index contributed by atoms with van der Waals surface area (Å²) in [4.78, 5) is 0. The monoisotopic (exact) mass is 178 g/mol. The Labute approximate surface area is 96.5 Å². The van der Waals surface area contributed by atoms with Crippen LogP contribution in [-0.2, 0) is 0 Å². The van der Waals surface area contributed by atoms with Crippen LogP contribution in [0.3, 0.4) is 0 Å². The first-order valence-corrected chi connectivity index (χ1v) is 2.61. The molecule has 3 heteroatoms. The van der Waals surface area contributed by atoms with Crippen molar-refractivity contribution in [2.45, 2.75) is 0 Å². The molecule has 0 heterocycles. The van der Waals surface area contributed by atoms with Crippen LogP contribution in [0.1, 0.15) is 5.56 Å². The third-order valence-electron chi connectivity index (χ3n) is 1.04. The molecule has 0 unspecified atom stereocenters. The van der Waals surface area contributed by atoms with Crippen molar-refractivity contribution in [2.24, 2.45) is 0 Å². The first-order chi connectivity index (χ1) is 3.93. The predicted octanol–water partition coefficient (Wildman–Crippen LogP) is 1.60. The molecule has 0 aliphatic carbocycles. The van der Waals surface area contributed by atoms with Crippen LogP contribution in [0.25, 0.3) is 6.08 Å². The van der Waals surface area contributed by atoms with E-state index in [0.717, 1.165) is 0 Å². The first-order valence-electron chi connectivity index (χ1n) is 2.61. The topological polar surface area (TPSA) is 60.0 Å². The molecular weight excluding hydrogens is 168 g/mol. The summed E-state index contributed by atoms with van der Waals surface area (Å²) >= 11 is 0. The van der Waals surface area contributed by atoms with Gasteiger partial charge in [0.2, 0.25) is 0 Å². The van der Waals surface area contributed by atoms with Crippen molar-refractivity contribution in [1.29, 1.82) is 0 Å². The van der Waals surface area contributed by atoms with E-state index in [9.17, 15) is 0 Å². The normalized spacial score (nSPS) is 6.18. The zero-order chi connectivity index (χ0) is 5.82. The van der Waals surface area contributed by atoms with Gasteiger partial charge in [-0.2, -0.15) is 0 Å². The van der Waals surface area contributed by atoms with E-state index in [2.05, 4.69) is 6.58 Å². The summed E-state index contributed by atoms with van der Waals surface area (Å²) in [6, 6.07) is 10.0. The van der Waals surface area contributed by atoms with Crippen molar-refractivity contribution in [3.63, 3.8) is 0 Å². The predicted molar refractivity (Wildman–Crippen MR) is 46.2 cm³/mol. The van der Waals surface area contributed by atoms with Crippen LogP contribution in [0.2, 0.25) is 0 Å². The van der Waals surface area contributed by atoms with Crippen molar-refractivity contribution in [3.05, 3.63) is 42.5 Å². The van der Waals surface area contributed by atoms with Crippen molar-refractivity contribution >= 4 is 43.8 Å². The minimum Gasteiger partial charge on any atom is -0.870 e. The summed E-state index contributed by atoms with van der Waals surface area (Å²) < 4.78 is 0. The van der Waals surface area contributed by atoms with Gasteiger partial charge in [-0.25, -0.2) is 0 Å². The van der Waals surface area contributed by atoms with Crippen LogP contribution in [0, 0.1) is 0 Å². The maximum atomic E-state index is 3.63. The molecule has 0 aliphatic heterocycles. The number of hydrogen-bond acceptors (Lipinski definition) is 2. The van der Waals surface area contributed by atoms with E-state index in [4.69, 9.17) is 0 Å².